The van der Waals surface area contributed by atoms with Crippen LogP contribution >= 0.6 is 0 Å². The average molecular weight is 532 g/mol. The number of carboxylic acids is 1. The number of nitrogens with zero attached hydrogens (tertiary/aromatic N) is 3. The van der Waals surface area contributed by atoms with Crippen molar-refractivity contribution < 1.29 is 34.4 Å². The summed E-state index contributed by atoms with van der Waals surface area (Å²) in [6.45, 7) is 0. The van der Waals surface area contributed by atoms with Crippen LogP contribution < -0.4 is 10.2 Å². The molecule has 4 unspecified atom stereocenters. The number of nitro benzene ring substituents is 2. The fraction of sp³-hybridized carbons (Fsp3) is 0.192. The number of phenols is 1. The molecule has 2 saturated heterocycles. The lowest BCUT2D eigenvalue weighted by Crippen LogP contribution is -2.57. The Bertz CT molecular complexity index is 1540. The number of nitrogens with one attached hydrogen (secondary N) is 1. The summed E-state index contributed by atoms with van der Waals surface area (Å²) in [5.74, 6) is -6.07. The molecule has 3 aromatic carbocycles. The smallest absolute Gasteiger partial charge is 0.325 e. The number of phenolic OH excluding ortho intramolecular Hbond substituents is 1. The second-order valence-electron chi connectivity index (χ2n) is 9.35. The van der Waals surface area contributed by atoms with Crippen LogP contribution in [0.4, 0.5) is 17.1 Å². The molecule has 3 N–H and O–H groups in total. The Kier molecular flexibility index (Phi) is 6.07. The molecule has 0 aliphatic carbocycles. The third-order valence-electron chi connectivity index (χ3n) is 7.24. The van der Waals surface area contributed by atoms with Crippen molar-refractivity contribution >= 4 is 34.8 Å². The molecule has 2 heterocycles. The average Bonchev–Trinajstić information content (AvgIpc) is 3.38. The zero-order valence-corrected chi connectivity index (χ0v) is 20.0. The number of carbonyl (C=O) groups excluding carboxylic acids is 2. The van der Waals surface area contributed by atoms with Gasteiger partial charge in [0.2, 0.25) is 11.8 Å². The largest absolute Gasteiger partial charge is 0.508 e. The van der Waals surface area contributed by atoms with Crippen LogP contribution in [0.3, 0.4) is 0 Å². The molecular formula is C26H20N4O9. The molecule has 2 aliphatic heterocycles. The highest BCUT2D eigenvalue weighted by Crippen LogP contribution is 2.52. The Morgan fingerprint density at radius 2 is 1.59 bits per heavy atom. The van der Waals surface area contributed by atoms with E-state index >= 15 is 0 Å². The van der Waals surface area contributed by atoms with E-state index in [1.165, 1.54) is 54.6 Å². The molecule has 0 spiro atoms. The van der Waals surface area contributed by atoms with Crippen molar-refractivity contribution in [2.75, 3.05) is 4.90 Å². The van der Waals surface area contributed by atoms with Crippen LogP contribution in [0, 0.1) is 32.1 Å². The van der Waals surface area contributed by atoms with Gasteiger partial charge in [-0.1, -0.05) is 36.4 Å². The number of carboxylic acid groups (broad SMARTS) is 1. The Balaban J connectivity index is 1.65. The van der Waals surface area contributed by atoms with Gasteiger partial charge in [-0.25, -0.2) is 4.90 Å². The quantitative estimate of drug-likeness (QED) is 0.231. The molecule has 4 atom stereocenters. The van der Waals surface area contributed by atoms with Gasteiger partial charge in [0, 0.05) is 42.3 Å². The van der Waals surface area contributed by atoms with Crippen molar-refractivity contribution in [1.29, 1.82) is 0 Å². The predicted molar refractivity (Wildman–Crippen MR) is 134 cm³/mol. The van der Waals surface area contributed by atoms with Crippen LogP contribution in [0.25, 0.3) is 0 Å². The van der Waals surface area contributed by atoms with Crippen molar-refractivity contribution in [1.82, 2.24) is 5.32 Å². The number of amides is 2. The van der Waals surface area contributed by atoms with Crippen molar-refractivity contribution in [3.63, 3.8) is 0 Å². The van der Waals surface area contributed by atoms with E-state index in [-0.39, 0.29) is 34.8 Å². The lowest BCUT2D eigenvalue weighted by atomic mass is 9.76. The van der Waals surface area contributed by atoms with Crippen LogP contribution in [0.5, 0.6) is 5.75 Å². The molecule has 2 amide bonds. The standard InChI is InChI=1S/C26H20N4O9/c31-19-7-2-1-6-18(19)22-20-21(24(33)28(23(20)32)16-4-3-5-17(12-16)30(38)39)26(27-22,25(34)35)13-14-8-10-15(11-9-14)29(36)37/h1-12,20-22,27,31H,13H2,(H,34,35). The van der Waals surface area contributed by atoms with E-state index in [4.69, 9.17) is 0 Å². The minimum Gasteiger partial charge on any atom is -0.508 e. The van der Waals surface area contributed by atoms with Crippen LogP contribution in [0.2, 0.25) is 0 Å². The number of hydrogen-bond donors (Lipinski definition) is 3. The SMILES string of the molecule is O=C1C2C(c3ccccc3O)NC(Cc3ccc([N+](=O)[O-])cc3)(C(=O)O)C2C(=O)N1c1cccc([N+](=O)[O-])c1. The molecule has 0 saturated carbocycles. The second-order valence-corrected chi connectivity index (χ2v) is 9.35. The van der Waals surface area contributed by atoms with Gasteiger partial charge in [-0.15, -0.1) is 0 Å². The Hall–Kier alpha value is -5.17. The lowest BCUT2D eigenvalue weighted by Gasteiger charge is -2.31. The first kappa shape index (κ1) is 25.5. The summed E-state index contributed by atoms with van der Waals surface area (Å²) in [7, 11) is 0. The maximum absolute atomic E-state index is 13.9. The Labute approximate surface area is 219 Å². The van der Waals surface area contributed by atoms with E-state index < -0.39 is 51.0 Å². The highest BCUT2D eigenvalue weighted by atomic mass is 16.6. The molecule has 39 heavy (non-hydrogen) atoms. The van der Waals surface area contributed by atoms with Crippen LogP contribution in [0.1, 0.15) is 17.2 Å². The minimum atomic E-state index is -2.06. The fourth-order valence-electron chi connectivity index (χ4n) is 5.51. The summed E-state index contributed by atoms with van der Waals surface area (Å²) in [4.78, 5) is 62.5. The number of aliphatic carboxylic acids is 1. The minimum absolute atomic E-state index is 0.0840. The topological polar surface area (TPSA) is 193 Å². The molecule has 2 fully saturated rings. The molecular weight excluding hydrogens is 512 g/mol. The summed E-state index contributed by atoms with van der Waals surface area (Å²) in [5, 5.41) is 46.4. The molecule has 0 bridgehead atoms. The zero-order chi connectivity index (χ0) is 28.1. The molecule has 198 valence electrons. The molecule has 2 aliphatic rings. The highest BCUT2D eigenvalue weighted by Gasteiger charge is 2.69. The van der Waals surface area contributed by atoms with E-state index in [0.29, 0.717) is 5.56 Å². The number of carbonyl (C=O) groups is 3. The van der Waals surface area contributed by atoms with Crippen molar-refractivity contribution in [2.45, 2.75) is 18.0 Å². The number of nitro groups is 2. The van der Waals surface area contributed by atoms with E-state index in [9.17, 15) is 44.8 Å². The number of imide groups is 1. The van der Waals surface area contributed by atoms with Gasteiger partial charge < -0.3 is 10.2 Å². The van der Waals surface area contributed by atoms with Crippen molar-refractivity contribution in [3.05, 3.63) is 104 Å². The molecule has 13 nitrogen and oxygen atoms in total. The Morgan fingerprint density at radius 1 is 0.923 bits per heavy atom. The number of aromatic hydroxyl groups is 1. The first-order chi connectivity index (χ1) is 18.5. The van der Waals surface area contributed by atoms with Gasteiger partial charge in [0.25, 0.3) is 11.4 Å². The van der Waals surface area contributed by atoms with Crippen LogP contribution in [-0.4, -0.2) is 43.4 Å². The molecule has 0 radical (unpaired) electrons. The number of non-ortho nitro benzene ring substituents is 2. The fourth-order valence-corrected chi connectivity index (χ4v) is 5.51. The van der Waals surface area contributed by atoms with E-state index in [1.807, 2.05) is 0 Å². The van der Waals surface area contributed by atoms with Gasteiger partial charge in [0.1, 0.15) is 11.3 Å². The highest BCUT2D eigenvalue weighted by molar-refractivity contribution is 6.24. The van der Waals surface area contributed by atoms with E-state index in [1.54, 1.807) is 12.1 Å². The first-order valence-corrected chi connectivity index (χ1v) is 11.7. The maximum atomic E-state index is 13.9. The van der Waals surface area contributed by atoms with Gasteiger partial charge in [-0.3, -0.25) is 39.9 Å². The molecule has 5 rings (SSSR count). The zero-order valence-electron chi connectivity index (χ0n) is 20.0. The number of benzene rings is 3. The summed E-state index contributed by atoms with van der Waals surface area (Å²) < 4.78 is 0. The second kappa shape index (κ2) is 9.29. The van der Waals surface area contributed by atoms with Crippen LogP contribution in [0.15, 0.2) is 72.8 Å². The first-order valence-electron chi connectivity index (χ1n) is 11.7. The third kappa shape index (κ3) is 4.05. The normalized spacial score (nSPS) is 24.0. The number of fused-ring (bicyclic) bond motifs is 1. The van der Waals surface area contributed by atoms with E-state index in [2.05, 4.69) is 5.32 Å². The third-order valence-corrected chi connectivity index (χ3v) is 7.24. The monoisotopic (exact) mass is 532 g/mol. The van der Waals surface area contributed by atoms with E-state index in [0.717, 1.165) is 11.0 Å². The maximum Gasteiger partial charge on any atom is 0.325 e. The molecule has 3 aromatic rings. The summed E-state index contributed by atoms with van der Waals surface area (Å²) in [6, 6.07) is 14.9. The lowest BCUT2D eigenvalue weighted by molar-refractivity contribution is -0.385. The van der Waals surface area contributed by atoms with Gasteiger partial charge in [0.15, 0.2) is 0 Å². The molecule has 0 aromatic heterocycles. The van der Waals surface area contributed by atoms with Gasteiger partial charge in [-0.05, 0) is 17.7 Å². The number of hydrogen-bond acceptors (Lipinski definition) is 9. The van der Waals surface area contributed by atoms with Gasteiger partial charge in [0.05, 0.1) is 27.4 Å². The Morgan fingerprint density at radius 3 is 2.21 bits per heavy atom. The summed E-state index contributed by atoms with van der Waals surface area (Å²) in [5.41, 5.74) is -2.18. The number of para-hydroxylation sites is 1. The summed E-state index contributed by atoms with van der Waals surface area (Å²) >= 11 is 0. The van der Waals surface area contributed by atoms with Crippen molar-refractivity contribution in [3.8, 4) is 5.75 Å². The molecule has 13 heteroatoms. The number of anilines is 1. The summed E-state index contributed by atoms with van der Waals surface area (Å²) in [6.07, 6.45) is -0.326. The predicted octanol–water partition coefficient (Wildman–Crippen LogP) is 2.72. The number of rotatable bonds is 7. The van der Waals surface area contributed by atoms with Gasteiger partial charge in [-0.2, -0.15) is 0 Å². The van der Waals surface area contributed by atoms with Gasteiger partial charge >= 0.3 is 5.97 Å². The van der Waals surface area contributed by atoms with Crippen molar-refractivity contribution in [2.24, 2.45) is 11.8 Å². The van der Waals surface area contributed by atoms with Crippen LogP contribution in [-0.2, 0) is 20.8 Å².